The summed E-state index contributed by atoms with van der Waals surface area (Å²) in [6.07, 6.45) is -5.88. The van der Waals surface area contributed by atoms with E-state index in [1.807, 2.05) is 0 Å². The third-order valence-corrected chi connectivity index (χ3v) is 2.50. The molecule has 0 saturated heterocycles. The lowest BCUT2D eigenvalue weighted by atomic mass is 9.79. The normalized spacial score (nSPS) is 12.2. The van der Waals surface area contributed by atoms with Gasteiger partial charge in [-0.05, 0) is 11.5 Å². The summed E-state index contributed by atoms with van der Waals surface area (Å²) in [6, 6.07) is 1.64. The number of amides is 1. The summed E-state index contributed by atoms with van der Waals surface area (Å²) in [7, 11) is -2.10. The van der Waals surface area contributed by atoms with E-state index in [4.69, 9.17) is 15.8 Å². The van der Waals surface area contributed by atoms with Gasteiger partial charge in [0.2, 0.25) is 5.91 Å². The number of hydrogen-bond acceptors (Lipinski definition) is 4. The fourth-order valence-electron chi connectivity index (χ4n) is 1.45. The summed E-state index contributed by atoms with van der Waals surface area (Å²) in [4.78, 5) is 11.1. The van der Waals surface area contributed by atoms with Gasteiger partial charge in [0.25, 0.3) is 0 Å². The lowest BCUT2D eigenvalue weighted by Crippen LogP contribution is -2.37. The molecule has 0 bridgehead atoms. The molecule has 0 atom stereocenters. The first-order valence-corrected chi connectivity index (χ1v) is 5.45. The minimum atomic E-state index is -5.88. The highest BCUT2D eigenvalue weighted by Crippen LogP contribution is 2.46. The molecule has 0 saturated carbocycles. The van der Waals surface area contributed by atoms with Gasteiger partial charge in [-0.25, -0.2) is 0 Å². The summed E-state index contributed by atoms with van der Waals surface area (Å²) >= 11 is 0. The molecule has 0 heterocycles. The molecular formula is C10H10BF5N2O3. The van der Waals surface area contributed by atoms with Crippen molar-refractivity contribution in [3.63, 3.8) is 0 Å². The molecule has 5 N–H and O–H groups in total. The second kappa shape index (κ2) is 5.96. The average molecular weight is 312 g/mol. The summed E-state index contributed by atoms with van der Waals surface area (Å²) in [5, 5.41) is 19.6. The number of carbonyl (C=O) groups is 1. The smallest absolute Gasteiger partial charge is 0.423 e. The highest BCUT2D eigenvalue weighted by Gasteiger charge is 2.59. The standard InChI is InChI=1S/C10H10BF5N2O3/c12-9(13,10(14,15)16)6-2-1-5(11(20)21)3-7(6)18-8(19)4-17/h1-3,20-21H,4,17H2,(H,18,19). The number of halogens is 5. The van der Waals surface area contributed by atoms with Gasteiger partial charge in [-0.2, -0.15) is 22.0 Å². The molecule has 0 aliphatic heterocycles. The zero-order chi connectivity index (χ0) is 16.4. The molecule has 1 aromatic carbocycles. The molecule has 1 amide bonds. The van der Waals surface area contributed by atoms with Crippen LogP contribution in [0.4, 0.5) is 27.6 Å². The summed E-state index contributed by atoms with van der Waals surface area (Å²) in [5.41, 5.74) is 2.14. The van der Waals surface area contributed by atoms with Crippen LogP contribution in [0.2, 0.25) is 0 Å². The SMILES string of the molecule is NCC(=O)Nc1cc(B(O)O)ccc1C(F)(F)C(F)(F)F. The minimum Gasteiger partial charge on any atom is -0.423 e. The van der Waals surface area contributed by atoms with Crippen molar-refractivity contribution in [3.8, 4) is 0 Å². The molecule has 11 heteroatoms. The largest absolute Gasteiger partial charge is 0.488 e. The van der Waals surface area contributed by atoms with Crippen LogP contribution in [0.15, 0.2) is 18.2 Å². The van der Waals surface area contributed by atoms with E-state index in [1.54, 1.807) is 5.32 Å². The molecule has 1 aromatic rings. The van der Waals surface area contributed by atoms with E-state index in [0.29, 0.717) is 18.2 Å². The number of nitrogens with one attached hydrogen (secondary N) is 1. The van der Waals surface area contributed by atoms with Crippen molar-refractivity contribution in [1.29, 1.82) is 0 Å². The van der Waals surface area contributed by atoms with Gasteiger partial charge in [-0.15, -0.1) is 0 Å². The Balaban J connectivity index is 3.40. The van der Waals surface area contributed by atoms with Crippen LogP contribution >= 0.6 is 0 Å². The van der Waals surface area contributed by atoms with Crippen LogP contribution in [-0.2, 0) is 10.7 Å². The predicted molar refractivity (Wildman–Crippen MR) is 63.9 cm³/mol. The number of carbonyl (C=O) groups excluding carboxylic acids is 1. The Morgan fingerprint density at radius 1 is 1.24 bits per heavy atom. The Hall–Kier alpha value is -1.72. The van der Waals surface area contributed by atoms with Crippen LogP contribution in [-0.4, -0.2) is 35.8 Å². The van der Waals surface area contributed by atoms with Gasteiger partial charge < -0.3 is 21.1 Å². The molecule has 5 nitrogen and oxygen atoms in total. The zero-order valence-electron chi connectivity index (χ0n) is 10.3. The lowest BCUT2D eigenvalue weighted by molar-refractivity contribution is -0.289. The van der Waals surface area contributed by atoms with Gasteiger partial charge >= 0.3 is 19.2 Å². The lowest BCUT2D eigenvalue weighted by Gasteiger charge is -2.23. The van der Waals surface area contributed by atoms with E-state index in [-0.39, 0.29) is 5.46 Å². The average Bonchev–Trinajstić information content (AvgIpc) is 2.36. The van der Waals surface area contributed by atoms with Crippen molar-refractivity contribution < 1.29 is 36.8 Å². The zero-order valence-corrected chi connectivity index (χ0v) is 10.3. The number of rotatable bonds is 4. The maximum atomic E-state index is 13.4. The molecule has 0 aliphatic rings. The first kappa shape index (κ1) is 17.3. The minimum absolute atomic E-state index is 0.356. The third-order valence-electron chi connectivity index (χ3n) is 2.50. The predicted octanol–water partition coefficient (Wildman–Crippen LogP) is -0.0823. The second-order valence-electron chi connectivity index (χ2n) is 4.00. The van der Waals surface area contributed by atoms with E-state index in [0.717, 1.165) is 0 Å². The fourth-order valence-corrected chi connectivity index (χ4v) is 1.45. The monoisotopic (exact) mass is 312 g/mol. The van der Waals surface area contributed by atoms with Crippen molar-refractivity contribution in [1.82, 2.24) is 0 Å². The maximum Gasteiger partial charge on any atom is 0.488 e. The highest BCUT2D eigenvalue weighted by molar-refractivity contribution is 6.58. The van der Waals surface area contributed by atoms with Crippen molar-refractivity contribution in [2.24, 2.45) is 5.73 Å². The molecule has 0 aromatic heterocycles. The van der Waals surface area contributed by atoms with Crippen LogP contribution in [0, 0.1) is 0 Å². The van der Waals surface area contributed by atoms with Crippen LogP contribution in [0.3, 0.4) is 0 Å². The quantitative estimate of drug-likeness (QED) is 0.462. The Bertz CT molecular complexity index is 536. The fraction of sp³-hybridized carbons (Fsp3) is 0.300. The Labute approximate surface area is 115 Å². The Kier molecular flexibility index (Phi) is 4.92. The molecule has 0 fully saturated rings. The van der Waals surface area contributed by atoms with Crippen molar-refractivity contribution in [2.45, 2.75) is 12.1 Å². The third kappa shape index (κ3) is 3.68. The first-order chi connectivity index (χ1) is 9.50. The van der Waals surface area contributed by atoms with Gasteiger partial charge in [-0.3, -0.25) is 4.79 Å². The van der Waals surface area contributed by atoms with E-state index in [1.165, 1.54) is 0 Å². The number of nitrogens with two attached hydrogens (primary N) is 1. The Morgan fingerprint density at radius 3 is 2.24 bits per heavy atom. The van der Waals surface area contributed by atoms with Crippen LogP contribution in [0.5, 0.6) is 0 Å². The number of alkyl halides is 5. The molecule has 0 aliphatic carbocycles. The van der Waals surface area contributed by atoms with Gasteiger partial charge in [0, 0.05) is 5.69 Å². The number of benzene rings is 1. The first-order valence-electron chi connectivity index (χ1n) is 5.45. The molecule has 116 valence electrons. The van der Waals surface area contributed by atoms with Crippen LogP contribution < -0.4 is 16.5 Å². The van der Waals surface area contributed by atoms with Crippen molar-refractivity contribution in [2.75, 3.05) is 11.9 Å². The van der Waals surface area contributed by atoms with E-state index in [9.17, 15) is 26.7 Å². The van der Waals surface area contributed by atoms with E-state index in [2.05, 4.69) is 0 Å². The maximum absolute atomic E-state index is 13.4. The number of anilines is 1. The van der Waals surface area contributed by atoms with Crippen LogP contribution in [0.1, 0.15) is 5.56 Å². The summed E-state index contributed by atoms with van der Waals surface area (Å²) < 4.78 is 63.9. The number of hydrogen-bond donors (Lipinski definition) is 4. The molecule has 0 radical (unpaired) electrons. The highest BCUT2D eigenvalue weighted by atomic mass is 19.4. The molecule has 21 heavy (non-hydrogen) atoms. The van der Waals surface area contributed by atoms with Gasteiger partial charge in [0.05, 0.1) is 12.1 Å². The molecular weight excluding hydrogens is 302 g/mol. The summed E-state index contributed by atoms with van der Waals surface area (Å²) in [6.45, 7) is -0.650. The van der Waals surface area contributed by atoms with Crippen LogP contribution in [0.25, 0.3) is 0 Å². The van der Waals surface area contributed by atoms with Gasteiger partial charge in [-0.1, -0.05) is 12.1 Å². The molecule has 0 unspecified atom stereocenters. The van der Waals surface area contributed by atoms with E-state index >= 15 is 0 Å². The van der Waals surface area contributed by atoms with Gasteiger partial charge in [0.15, 0.2) is 0 Å². The van der Waals surface area contributed by atoms with Gasteiger partial charge in [0.1, 0.15) is 0 Å². The summed E-state index contributed by atoms with van der Waals surface area (Å²) in [5.74, 6) is -6.25. The molecule has 0 spiro atoms. The van der Waals surface area contributed by atoms with Crippen molar-refractivity contribution >= 4 is 24.2 Å². The second-order valence-corrected chi connectivity index (χ2v) is 4.00. The topological polar surface area (TPSA) is 95.6 Å². The Morgan fingerprint density at radius 2 is 1.81 bits per heavy atom. The van der Waals surface area contributed by atoms with Crippen molar-refractivity contribution in [3.05, 3.63) is 23.8 Å². The van der Waals surface area contributed by atoms with E-state index < -0.39 is 42.9 Å². The molecule has 1 rings (SSSR count).